The van der Waals surface area contributed by atoms with Crippen LogP contribution in [0.25, 0.3) is 0 Å². The predicted octanol–water partition coefficient (Wildman–Crippen LogP) is 3.50. The summed E-state index contributed by atoms with van der Waals surface area (Å²) in [4.78, 5) is 16.2. The van der Waals surface area contributed by atoms with Crippen molar-refractivity contribution in [2.24, 2.45) is 0 Å². The number of hydrogen-bond donors (Lipinski definition) is 1. The topological polar surface area (TPSA) is 77.2 Å². The molecule has 2 aromatic rings. The molecule has 0 saturated heterocycles. The maximum Gasteiger partial charge on any atom is 0.337 e. The van der Waals surface area contributed by atoms with E-state index in [-0.39, 0.29) is 11.5 Å². The van der Waals surface area contributed by atoms with Gasteiger partial charge in [0, 0.05) is 13.5 Å². The van der Waals surface area contributed by atoms with Gasteiger partial charge in [-0.15, -0.1) is 0 Å². The number of nitrogens with one attached hydrogen (secondary N) is 1. The molecule has 0 aliphatic heterocycles. The summed E-state index contributed by atoms with van der Waals surface area (Å²) in [6, 6.07) is 7.51. The second-order valence-electron chi connectivity index (χ2n) is 6.68. The first-order valence-corrected chi connectivity index (χ1v) is 8.86. The molecule has 0 radical (unpaired) electrons. The van der Waals surface area contributed by atoms with Crippen molar-refractivity contribution >= 4 is 5.97 Å². The van der Waals surface area contributed by atoms with E-state index < -0.39 is 0 Å². The number of ether oxygens (including phenoxy) is 1. The number of methoxy groups -OCH3 is 1. The van der Waals surface area contributed by atoms with Crippen LogP contribution in [0.5, 0.6) is 0 Å². The van der Waals surface area contributed by atoms with Gasteiger partial charge in [0.15, 0.2) is 5.82 Å². The van der Waals surface area contributed by atoms with Gasteiger partial charge in [0.2, 0.25) is 5.89 Å². The molecule has 1 saturated carbocycles. The van der Waals surface area contributed by atoms with E-state index in [9.17, 15) is 4.79 Å². The number of rotatable bonds is 5. The molecular weight excluding hydrogens is 318 g/mol. The van der Waals surface area contributed by atoms with E-state index in [0.29, 0.717) is 18.0 Å². The summed E-state index contributed by atoms with van der Waals surface area (Å²) in [5.74, 6) is 1.02. The minimum absolute atomic E-state index is 0.268. The van der Waals surface area contributed by atoms with Gasteiger partial charge in [0.05, 0.1) is 18.2 Å². The Morgan fingerprint density at radius 2 is 2.04 bits per heavy atom. The quantitative estimate of drug-likeness (QED) is 0.661. The number of aryl methyl sites for hydroxylation is 1. The summed E-state index contributed by atoms with van der Waals surface area (Å²) in [6.07, 6.45) is 6.73. The number of nitrogens with zero attached hydrogens (tertiary/aromatic N) is 2. The minimum Gasteiger partial charge on any atom is -0.465 e. The van der Waals surface area contributed by atoms with Gasteiger partial charge in [-0.3, -0.25) is 0 Å². The fourth-order valence-corrected chi connectivity index (χ4v) is 3.50. The van der Waals surface area contributed by atoms with Crippen molar-refractivity contribution in [1.29, 1.82) is 0 Å². The fourth-order valence-electron chi connectivity index (χ4n) is 3.50. The molecule has 0 bridgehead atoms. The largest absolute Gasteiger partial charge is 0.465 e. The van der Waals surface area contributed by atoms with Gasteiger partial charge >= 0.3 is 5.97 Å². The van der Waals surface area contributed by atoms with E-state index in [0.717, 1.165) is 37.1 Å². The van der Waals surface area contributed by atoms with Gasteiger partial charge in [0.25, 0.3) is 0 Å². The highest BCUT2D eigenvalue weighted by Gasteiger charge is 2.36. The maximum atomic E-state index is 11.7. The lowest BCUT2D eigenvalue weighted by atomic mass is 9.89. The van der Waals surface area contributed by atoms with Crippen LogP contribution in [0.1, 0.15) is 66.2 Å². The van der Waals surface area contributed by atoms with Crippen molar-refractivity contribution in [2.75, 3.05) is 7.11 Å². The van der Waals surface area contributed by atoms with Crippen LogP contribution in [-0.2, 0) is 16.8 Å². The lowest BCUT2D eigenvalue weighted by molar-refractivity contribution is 0.0600. The van der Waals surface area contributed by atoms with Crippen LogP contribution in [0.3, 0.4) is 0 Å². The van der Waals surface area contributed by atoms with Crippen molar-refractivity contribution in [2.45, 2.75) is 57.5 Å². The van der Waals surface area contributed by atoms with E-state index in [4.69, 9.17) is 9.26 Å². The Balaban J connectivity index is 1.80. The van der Waals surface area contributed by atoms with Gasteiger partial charge in [-0.2, -0.15) is 4.98 Å². The van der Waals surface area contributed by atoms with Gasteiger partial charge in [-0.1, -0.05) is 43.0 Å². The third-order valence-electron chi connectivity index (χ3n) is 4.89. The van der Waals surface area contributed by atoms with E-state index in [2.05, 4.69) is 15.5 Å². The van der Waals surface area contributed by atoms with Crippen molar-refractivity contribution < 1.29 is 14.1 Å². The molecule has 0 unspecified atom stereocenters. The summed E-state index contributed by atoms with van der Waals surface area (Å²) in [6.45, 7) is 2.46. The molecular formula is C19H25N3O3. The van der Waals surface area contributed by atoms with Crippen LogP contribution in [0.4, 0.5) is 0 Å². The smallest absolute Gasteiger partial charge is 0.337 e. The van der Waals surface area contributed by atoms with E-state index in [1.807, 2.05) is 25.1 Å². The third kappa shape index (κ3) is 4.07. The first-order valence-electron chi connectivity index (χ1n) is 8.86. The highest BCUT2D eigenvalue weighted by atomic mass is 16.5. The molecule has 1 heterocycles. The Kier molecular flexibility index (Phi) is 5.48. The minimum atomic E-state index is -0.320. The molecule has 1 aliphatic rings. The molecule has 0 spiro atoms. The Morgan fingerprint density at radius 3 is 2.68 bits per heavy atom. The Bertz CT molecular complexity index is 718. The standard InChI is InChI=1S/C19H25N3O3/c1-14-21-18(22-25-14)19(10-5-3-4-6-11-19)20-13-15-8-7-9-16(12-15)17(23)24-2/h7-9,12,20H,3-6,10-11,13H2,1-2H3. The van der Waals surface area contributed by atoms with E-state index >= 15 is 0 Å². The summed E-state index contributed by atoms with van der Waals surface area (Å²) < 4.78 is 10.0. The van der Waals surface area contributed by atoms with Crippen LogP contribution in [0, 0.1) is 6.92 Å². The SMILES string of the molecule is COC(=O)c1cccc(CNC2(c3noc(C)n3)CCCCCC2)c1. The molecule has 6 nitrogen and oxygen atoms in total. The van der Waals surface area contributed by atoms with Crippen molar-refractivity contribution in [3.63, 3.8) is 0 Å². The Hall–Kier alpha value is -2.21. The second kappa shape index (κ2) is 7.78. The number of hydrogen-bond acceptors (Lipinski definition) is 6. The van der Waals surface area contributed by atoms with Crippen molar-refractivity contribution in [3.8, 4) is 0 Å². The number of benzene rings is 1. The van der Waals surface area contributed by atoms with Crippen LogP contribution in [0.15, 0.2) is 28.8 Å². The molecule has 1 aromatic heterocycles. The molecule has 0 atom stereocenters. The van der Waals surface area contributed by atoms with E-state index in [1.54, 1.807) is 6.07 Å². The van der Waals surface area contributed by atoms with Gasteiger partial charge in [-0.05, 0) is 30.5 Å². The monoisotopic (exact) mass is 343 g/mol. The zero-order chi connectivity index (χ0) is 17.7. The van der Waals surface area contributed by atoms with Crippen LogP contribution >= 0.6 is 0 Å². The number of aromatic nitrogens is 2. The molecule has 1 N–H and O–H groups in total. The molecule has 25 heavy (non-hydrogen) atoms. The van der Waals surface area contributed by atoms with Crippen LogP contribution < -0.4 is 5.32 Å². The van der Waals surface area contributed by atoms with E-state index in [1.165, 1.54) is 20.0 Å². The zero-order valence-corrected chi connectivity index (χ0v) is 14.9. The number of esters is 1. The second-order valence-corrected chi connectivity index (χ2v) is 6.68. The highest BCUT2D eigenvalue weighted by molar-refractivity contribution is 5.89. The summed E-state index contributed by atoms with van der Waals surface area (Å²) in [5.41, 5.74) is 1.33. The average Bonchev–Trinajstić information content (AvgIpc) is 2.94. The van der Waals surface area contributed by atoms with Crippen molar-refractivity contribution in [1.82, 2.24) is 15.5 Å². The van der Waals surface area contributed by atoms with Crippen LogP contribution in [0.2, 0.25) is 0 Å². The van der Waals surface area contributed by atoms with Gasteiger partial charge < -0.3 is 14.6 Å². The molecule has 1 aliphatic carbocycles. The van der Waals surface area contributed by atoms with Gasteiger partial charge in [-0.25, -0.2) is 4.79 Å². The number of carbonyl (C=O) groups excluding carboxylic acids is 1. The lowest BCUT2D eigenvalue weighted by Gasteiger charge is -2.31. The summed E-state index contributed by atoms with van der Waals surface area (Å²) >= 11 is 0. The third-order valence-corrected chi connectivity index (χ3v) is 4.89. The zero-order valence-electron chi connectivity index (χ0n) is 14.9. The maximum absolute atomic E-state index is 11.7. The number of carbonyl (C=O) groups is 1. The molecule has 134 valence electrons. The van der Waals surface area contributed by atoms with Crippen LogP contribution in [-0.4, -0.2) is 23.2 Å². The lowest BCUT2D eigenvalue weighted by Crippen LogP contribution is -2.42. The first-order chi connectivity index (χ1) is 12.1. The summed E-state index contributed by atoms with van der Waals surface area (Å²) in [5, 5.41) is 7.87. The molecule has 6 heteroatoms. The fraction of sp³-hybridized carbons (Fsp3) is 0.526. The molecule has 1 aromatic carbocycles. The Morgan fingerprint density at radius 1 is 1.28 bits per heavy atom. The van der Waals surface area contributed by atoms with Gasteiger partial charge in [0.1, 0.15) is 0 Å². The summed E-state index contributed by atoms with van der Waals surface area (Å²) in [7, 11) is 1.40. The normalized spacial score (nSPS) is 17.0. The highest BCUT2D eigenvalue weighted by Crippen LogP contribution is 2.35. The molecule has 3 rings (SSSR count). The first kappa shape index (κ1) is 17.6. The predicted molar refractivity (Wildman–Crippen MR) is 93.0 cm³/mol. The molecule has 0 amide bonds. The Labute approximate surface area is 148 Å². The molecule has 1 fully saturated rings. The van der Waals surface area contributed by atoms with Crippen molar-refractivity contribution in [3.05, 3.63) is 47.1 Å². The average molecular weight is 343 g/mol.